The Morgan fingerprint density at radius 2 is 1.77 bits per heavy atom. The number of nitrogens with one attached hydrogen (secondary N) is 1. The van der Waals surface area contributed by atoms with Gasteiger partial charge in [-0.3, -0.25) is 9.78 Å². The third kappa shape index (κ3) is 3.98. The van der Waals surface area contributed by atoms with Gasteiger partial charge in [-0.25, -0.2) is 9.07 Å². The van der Waals surface area contributed by atoms with Gasteiger partial charge in [-0.05, 0) is 38.1 Å². The van der Waals surface area contributed by atoms with Crippen molar-refractivity contribution in [2.75, 3.05) is 0 Å². The van der Waals surface area contributed by atoms with E-state index in [1.807, 2.05) is 61.5 Å². The summed E-state index contributed by atoms with van der Waals surface area (Å²) in [5.41, 5.74) is 3.97. The molecule has 2 aromatic heterocycles. The summed E-state index contributed by atoms with van der Waals surface area (Å²) in [5, 5.41) is 7.51. The highest BCUT2D eigenvalue weighted by atomic mass is 19.1. The van der Waals surface area contributed by atoms with E-state index in [1.54, 1.807) is 17.8 Å². The quantitative estimate of drug-likeness (QED) is 0.520. The molecule has 0 bridgehead atoms. The largest absolute Gasteiger partial charge is 0.344 e. The van der Waals surface area contributed by atoms with E-state index in [4.69, 9.17) is 0 Å². The zero-order chi connectivity index (χ0) is 21.1. The number of aryl methyl sites for hydroxylation is 1. The van der Waals surface area contributed by atoms with Crippen molar-refractivity contribution in [1.29, 1.82) is 0 Å². The molecule has 0 aliphatic carbocycles. The molecule has 1 amide bonds. The predicted octanol–water partition coefficient (Wildman–Crippen LogP) is 4.87. The molecule has 2 heterocycles. The zero-order valence-corrected chi connectivity index (χ0v) is 16.7. The summed E-state index contributed by atoms with van der Waals surface area (Å²) >= 11 is 0. The van der Waals surface area contributed by atoms with Crippen molar-refractivity contribution in [1.82, 2.24) is 20.1 Å². The van der Waals surface area contributed by atoms with Crippen LogP contribution in [0.3, 0.4) is 0 Å². The summed E-state index contributed by atoms with van der Waals surface area (Å²) in [6.07, 6.45) is 3.20. The highest BCUT2D eigenvalue weighted by Gasteiger charge is 2.22. The Morgan fingerprint density at radius 1 is 1.03 bits per heavy atom. The average Bonchev–Trinajstić information content (AvgIpc) is 3.21. The Morgan fingerprint density at radius 3 is 2.47 bits per heavy atom. The Hall–Kier alpha value is -3.80. The minimum absolute atomic E-state index is 0.193. The second-order valence-electron chi connectivity index (χ2n) is 7.10. The van der Waals surface area contributed by atoms with Crippen molar-refractivity contribution < 1.29 is 9.18 Å². The maximum atomic E-state index is 14.1. The topological polar surface area (TPSA) is 59.8 Å². The number of hydrogen-bond donors (Lipinski definition) is 1. The Labute approximate surface area is 174 Å². The fraction of sp³-hybridized carbons (Fsp3) is 0.125. The first-order valence-corrected chi connectivity index (χ1v) is 9.66. The summed E-state index contributed by atoms with van der Waals surface area (Å²) in [5.74, 6) is -0.797. The van der Waals surface area contributed by atoms with Gasteiger partial charge in [-0.15, -0.1) is 0 Å². The van der Waals surface area contributed by atoms with Crippen LogP contribution >= 0.6 is 0 Å². The van der Waals surface area contributed by atoms with Gasteiger partial charge >= 0.3 is 0 Å². The van der Waals surface area contributed by atoms with E-state index >= 15 is 0 Å². The molecule has 0 fully saturated rings. The first kappa shape index (κ1) is 19.5. The van der Waals surface area contributed by atoms with Crippen LogP contribution in [0.5, 0.6) is 0 Å². The van der Waals surface area contributed by atoms with Crippen LogP contribution in [0.2, 0.25) is 0 Å². The van der Waals surface area contributed by atoms with Crippen LogP contribution in [-0.2, 0) is 0 Å². The van der Waals surface area contributed by atoms with Crippen LogP contribution in [-0.4, -0.2) is 20.7 Å². The van der Waals surface area contributed by atoms with Crippen LogP contribution < -0.4 is 5.32 Å². The molecular formula is C24H21FN4O. The molecule has 4 rings (SSSR count). The molecule has 4 aromatic rings. The number of rotatable bonds is 5. The average molecular weight is 400 g/mol. The number of amides is 1. The Balaban J connectivity index is 1.71. The minimum Gasteiger partial charge on any atom is -0.344 e. The lowest BCUT2D eigenvalue weighted by molar-refractivity contribution is 0.0939. The SMILES string of the molecule is Cc1ccc(-n2cc(C(=O)N[C@H](C)c3ncccc3F)c(-c3ccccc3)n2)cc1. The van der Waals surface area contributed by atoms with E-state index < -0.39 is 11.9 Å². The van der Waals surface area contributed by atoms with Crippen LogP contribution in [0.4, 0.5) is 4.39 Å². The smallest absolute Gasteiger partial charge is 0.255 e. The summed E-state index contributed by atoms with van der Waals surface area (Å²) in [6.45, 7) is 3.72. The van der Waals surface area contributed by atoms with Gasteiger partial charge in [0.15, 0.2) is 0 Å². The standard InChI is InChI=1S/C24H21FN4O/c1-16-10-12-19(13-11-16)29-15-20(23(28-29)18-7-4-3-5-8-18)24(30)27-17(2)22-21(25)9-6-14-26-22/h3-15,17H,1-2H3,(H,27,30)/t17-/m1/s1. The maximum absolute atomic E-state index is 14.1. The number of benzene rings is 2. The van der Waals surface area contributed by atoms with Crippen LogP contribution in [0.1, 0.15) is 34.6 Å². The van der Waals surface area contributed by atoms with Gasteiger partial charge in [-0.1, -0.05) is 48.0 Å². The molecule has 1 N–H and O–H groups in total. The fourth-order valence-corrected chi connectivity index (χ4v) is 3.24. The zero-order valence-electron chi connectivity index (χ0n) is 16.7. The summed E-state index contributed by atoms with van der Waals surface area (Å²) in [6, 6.07) is 19.6. The molecule has 150 valence electrons. The number of pyridine rings is 1. The van der Waals surface area contributed by atoms with Gasteiger partial charge in [0.2, 0.25) is 0 Å². The number of carbonyl (C=O) groups is 1. The van der Waals surface area contributed by atoms with Gasteiger partial charge in [0.1, 0.15) is 11.5 Å². The number of hydrogen-bond acceptors (Lipinski definition) is 3. The van der Waals surface area contributed by atoms with Gasteiger partial charge < -0.3 is 5.32 Å². The van der Waals surface area contributed by atoms with Crippen molar-refractivity contribution >= 4 is 5.91 Å². The van der Waals surface area contributed by atoms with E-state index in [9.17, 15) is 9.18 Å². The highest BCUT2D eigenvalue weighted by Crippen LogP contribution is 2.25. The van der Waals surface area contributed by atoms with Gasteiger partial charge in [0, 0.05) is 18.0 Å². The maximum Gasteiger partial charge on any atom is 0.255 e. The normalized spacial score (nSPS) is 11.8. The van der Waals surface area contributed by atoms with E-state index in [2.05, 4.69) is 15.4 Å². The summed E-state index contributed by atoms with van der Waals surface area (Å²) < 4.78 is 15.7. The molecule has 6 heteroatoms. The fourth-order valence-electron chi connectivity index (χ4n) is 3.24. The first-order valence-electron chi connectivity index (χ1n) is 9.66. The molecular weight excluding hydrogens is 379 g/mol. The minimum atomic E-state index is -0.593. The predicted molar refractivity (Wildman–Crippen MR) is 114 cm³/mol. The lowest BCUT2D eigenvalue weighted by Gasteiger charge is -2.14. The molecule has 0 aliphatic heterocycles. The molecule has 1 atom stereocenters. The molecule has 0 spiro atoms. The number of nitrogens with zero attached hydrogens (tertiary/aromatic N) is 3. The van der Waals surface area contributed by atoms with E-state index in [0.29, 0.717) is 11.3 Å². The van der Waals surface area contributed by atoms with Crippen LogP contribution in [0.25, 0.3) is 16.9 Å². The van der Waals surface area contributed by atoms with Crippen LogP contribution in [0, 0.1) is 12.7 Å². The Bertz CT molecular complexity index is 1170. The van der Waals surface area contributed by atoms with Crippen molar-refractivity contribution in [2.24, 2.45) is 0 Å². The number of aromatic nitrogens is 3. The summed E-state index contributed by atoms with van der Waals surface area (Å²) in [4.78, 5) is 17.2. The molecule has 0 unspecified atom stereocenters. The van der Waals surface area contributed by atoms with Crippen molar-refractivity contribution in [2.45, 2.75) is 19.9 Å². The molecule has 0 saturated heterocycles. The van der Waals surface area contributed by atoms with Gasteiger partial charge in [-0.2, -0.15) is 5.10 Å². The number of carbonyl (C=O) groups excluding carboxylic acids is 1. The lowest BCUT2D eigenvalue weighted by atomic mass is 10.1. The lowest BCUT2D eigenvalue weighted by Crippen LogP contribution is -2.28. The first-order chi connectivity index (χ1) is 14.5. The van der Waals surface area contributed by atoms with E-state index in [-0.39, 0.29) is 11.6 Å². The van der Waals surface area contributed by atoms with E-state index in [1.165, 1.54) is 18.3 Å². The monoisotopic (exact) mass is 400 g/mol. The van der Waals surface area contributed by atoms with Crippen molar-refractivity contribution in [3.05, 3.63) is 102 Å². The molecule has 0 radical (unpaired) electrons. The molecule has 0 aliphatic rings. The summed E-state index contributed by atoms with van der Waals surface area (Å²) in [7, 11) is 0. The third-order valence-corrected chi connectivity index (χ3v) is 4.85. The molecule has 2 aromatic carbocycles. The van der Waals surface area contributed by atoms with Crippen LogP contribution in [0.15, 0.2) is 79.1 Å². The number of halogens is 1. The second-order valence-corrected chi connectivity index (χ2v) is 7.10. The molecule has 0 saturated carbocycles. The van der Waals surface area contributed by atoms with Gasteiger partial charge in [0.05, 0.1) is 23.0 Å². The molecule has 30 heavy (non-hydrogen) atoms. The second kappa shape index (κ2) is 8.29. The van der Waals surface area contributed by atoms with Gasteiger partial charge in [0.25, 0.3) is 5.91 Å². The highest BCUT2D eigenvalue weighted by molar-refractivity contribution is 6.00. The van der Waals surface area contributed by atoms with E-state index in [0.717, 1.165) is 16.8 Å². The molecule has 5 nitrogen and oxygen atoms in total. The third-order valence-electron chi connectivity index (χ3n) is 4.85. The Kier molecular flexibility index (Phi) is 5.39. The van der Waals surface area contributed by atoms with Crippen molar-refractivity contribution in [3.8, 4) is 16.9 Å². The van der Waals surface area contributed by atoms with Crippen molar-refractivity contribution in [3.63, 3.8) is 0 Å².